The van der Waals surface area contributed by atoms with Gasteiger partial charge in [0.15, 0.2) is 0 Å². The smallest absolute Gasteiger partial charge is 0.254 e. The normalized spacial score (nSPS) is 26.0. The Bertz CT molecular complexity index is 747. The molecule has 0 bridgehead atoms. The SMILES string of the molecule is CN(C)C1CCC2C(C1)OCCN2C(=O)c1ccc(-c2csnn2)cc1. The molecule has 3 atom stereocenters. The Hall–Kier alpha value is -1.83. The second-order valence-electron chi connectivity index (χ2n) is 7.27. The molecule has 26 heavy (non-hydrogen) atoms. The van der Waals surface area contributed by atoms with E-state index in [1.807, 2.05) is 34.5 Å². The molecule has 138 valence electrons. The number of carbonyl (C=O) groups is 1. The second-order valence-corrected chi connectivity index (χ2v) is 7.88. The number of nitrogens with zero attached hydrogens (tertiary/aromatic N) is 4. The van der Waals surface area contributed by atoms with E-state index in [-0.39, 0.29) is 18.1 Å². The first-order valence-corrected chi connectivity index (χ1v) is 9.93. The van der Waals surface area contributed by atoms with Crippen molar-refractivity contribution in [3.63, 3.8) is 0 Å². The summed E-state index contributed by atoms with van der Waals surface area (Å²) < 4.78 is 9.90. The van der Waals surface area contributed by atoms with Crippen LogP contribution in [0.1, 0.15) is 29.6 Å². The first kappa shape index (κ1) is 17.6. The van der Waals surface area contributed by atoms with Crippen molar-refractivity contribution in [3.05, 3.63) is 35.2 Å². The van der Waals surface area contributed by atoms with Crippen LogP contribution in [0.2, 0.25) is 0 Å². The van der Waals surface area contributed by atoms with Crippen molar-refractivity contribution < 1.29 is 9.53 Å². The highest BCUT2D eigenvalue weighted by molar-refractivity contribution is 7.03. The number of morpholine rings is 1. The van der Waals surface area contributed by atoms with Crippen molar-refractivity contribution in [1.82, 2.24) is 19.4 Å². The number of fused-ring (bicyclic) bond motifs is 1. The Morgan fingerprint density at radius 1 is 1.27 bits per heavy atom. The molecule has 1 aliphatic carbocycles. The zero-order valence-electron chi connectivity index (χ0n) is 15.2. The average Bonchev–Trinajstić information content (AvgIpc) is 3.21. The van der Waals surface area contributed by atoms with Crippen LogP contribution in [-0.4, -0.2) is 70.7 Å². The largest absolute Gasteiger partial charge is 0.374 e. The Balaban J connectivity index is 1.49. The summed E-state index contributed by atoms with van der Waals surface area (Å²) in [5.74, 6) is 0.106. The predicted molar refractivity (Wildman–Crippen MR) is 101 cm³/mol. The molecule has 0 radical (unpaired) electrons. The number of aromatic nitrogens is 2. The summed E-state index contributed by atoms with van der Waals surface area (Å²) in [4.78, 5) is 17.4. The molecule has 1 aromatic carbocycles. The van der Waals surface area contributed by atoms with E-state index in [0.29, 0.717) is 19.2 Å². The summed E-state index contributed by atoms with van der Waals surface area (Å²) in [5, 5.41) is 5.99. The predicted octanol–water partition coefficient (Wildman–Crippen LogP) is 2.53. The molecule has 2 fully saturated rings. The van der Waals surface area contributed by atoms with Crippen molar-refractivity contribution in [2.24, 2.45) is 0 Å². The molecule has 0 spiro atoms. The van der Waals surface area contributed by atoms with Crippen molar-refractivity contribution in [3.8, 4) is 11.3 Å². The van der Waals surface area contributed by atoms with Crippen LogP contribution < -0.4 is 0 Å². The van der Waals surface area contributed by atoms with Crippen LogP contribution >= 0.6 is 11.5 Å². The summed E-state index contributed by atoms with van der Waals surface area (Å²) in [6.45, 7) is 1.29. The number of rotatable bonds is 3. The fraction of sp³-hybridized carbons (Fsp3) is 0.526. The number of hydrogen-bond acceptors (Lipinski definition) is 6. The lowest BCUT2D eigenvalue weighted by molar-refractivity contribution is -0.0877. The first-order valence-electron chi connectivity index (χ1n) is 9.10. The van der Waals surface area contributed by atoms with Crippen LogP contribution in [-0.2, 0) is 4.74 Å². The molecule has 2 aliphatic rings. The number of benzene rings is 1. The van der Waals surface area contributed by atoms with E-state index in [9.17, 15) is 4.79 Å². The van der Waals surface area contributed by atoms with E-state index in [1.165, 1.54) is 11.5 Å². The van der Waals surface area contributed by atoms with E-state index in [2.05, 4.69) is 28.6 Å². The molecule has 2 aromatic rings. The van der Waals surface area contributed by atoms with E-state index < -0.39 is 0 Å². The molecule has 1 saturated carbocycles. The quantitative estimate of drug-likeness (QED) is 0.829. The highest BCUT2D eigenvalue weighted by atomic mass is 32.1. The molecular formula is C19H24N4O2S. The van der Waals surface area contributed by atoms with E-state index >= 15 is 0 Å². The van der Waals surface area contributed by atoms with Crippen LogP contribution in [0.25, 0.3) is 11.3 Å². The topological polar surface area (TPSA) is 58.6 Å². The summed E-state index contributed by atoms with van der Waals surface area (Å²) in [7, 11) is 4.24. The molecule has 3 unspecified atom stereocenters. The minimum atomic E-state index is 0.106. The Morgan fingerprint density at radius 3 is 2.77 bits per heavy atom. The van der Waals surface area contributed by atoms with E-state index in [4.69, 9.17) is 4.74 Å². The maximum absolute atomic E-state index is 13.1. The van der Waals surface area contributed by atoms with E-state index in [1.54, 1.807) is 0 Å². The highest BCUT2D eigenvalue weighted by Gasteiger charge is 2.40. The maximum atomic E-state index is 13.1. The summed E-state index contributed by atoms with van der Waals surface area (Å²) in [5.41, 5.74) is 2.57. The van der Waals surface area contributed by atoms with Gasteiger partial charge in [-0.3, -0.25) is 4.79 Å². The molecule has 2 heterocycles. The van der Waals surface area contributed by atoms with Crippen LogP contribution in [0.5, 0.6) is 0 Å². The summed E-state index contributed by atoms with van der Waals surface area (Å²) in [6.07, 6.45) is 3.25. The van der Waals surface area contributed by atoms with Gasteiger partial charge in [-0.05, 0) is 57.0 Å². The molecule has 0 N–H and O–H groups in total. The van der Waals surface area contributed by atoms with Gasteiger partial charge in [0.1, 0.15) is 5.69 Å². The van der Waals surface area contributed by atoms with Gasteiger partial charge in [-0.2, -0.15) is 0 Å². The lowest BCUT2D eigenvalue weighted by Gasteiger charge is -2.47. The zero-order chi connectivity index (χ0) is 18.1. The molecular weight excluding hydrogens is 348 g/mol. The van der Waals surface area contributed by atoms with Gasteiger partial charge in [0.2, 0.25) is 0 Å². The summed E-state index contributed by atoms with van der Waals surface area (Å²) >= 11 is 1.33. The van der Waals surface area contributed by atoms with Gasteiger partial charge in [0, 0.05) is 29.1 Å². The van der Waals surface area contributed by atoms with Crippen LogP contribution in [0.3, 0.4) is 0 Å². The first-order chi connectivity index (χ1) is 12.6. The van der Waals surface area contributed by atoms with Crippen molar-refractivity contribution in [1.29, 1.82) is 0 Å². The third-order valence-electron chi connectivity index (χ3n) is 5.57. The van der Waals surface area contributed by atoms with Gasteiger partial charge in [-0.25, -0.2) is 0 Å². The summed E-state index contributed by atoms with van der Waals surface area (Å²) in [6, 6.07) is 8.42. The van der Waals surface area contributed by atoms with Gasteiger partial charge in [-0.15, -0.1) is 5.10 Å². The number of carbonyl (C=O) groups excluding carboxylic acids is 1. The number of hydrogen-bond donors (Lipinski definition) is 0. The molecule has 1 amide bonds. The van der Waals surface area contributed by atoms with Crippen molar-refractivity contribution in [2.75, 3.05) is 27.2 Å². The third kappa shape index (κ3) is 3.39. The van der Waals surface area contributed by atoms with Crippen LogP contribution in [0.15, 0.2) is 29.6 Å². The molecule has 1 aromatic heterocycles. The van der Waals surface area contributed by atoms with Crippen LogP contribution in [0.4, 0.5) is 0 Å². The lowest BCUT2D eigenvalue weighted by Crippen LogP contribution is -2.57. The minimum Gasteiger partial charge on any atom is -0.374 e. The molecule has 1 saturated heterocycles. The van der Waals surface area contributed by atoms with Gasteiger partial charge in [-0.1, -0.05) is 16.6 Å². The van der Waals surface area contributed by atoms with Gasteiger partial charge in [0.05, 0.1) is 18.8 Å². The maximum Gasteiger partial charge on any atom is 0.254 e. The van der Waals surface area contributed by atoms with Gasteiger partial charge < -0.3 is 14.5 Å². The van der Waals surface area contributed by atoms with E-state index in [0.717, 1.165) is 36.1 Å². The number of ether oxygens (including phenoxy) is 1. The van der Waals surface area contributed by atoms with Crippen molar-refractivity contribution >= 4 is 17.4 Å². The zero-order valence-corrected chi connectivity index (χ0v) is 16.0. The minimum absolute atomic E-state index is 0.106. The molecule has 6 nitrogen and oxygen atoms in total. The fourth-order valence-electron chi connectivity index (χ4n) is 4.06. The third-order valence-corrected chi connectivity index (χ3v) is 6.08. The molecule has 1 aliphatic heterocycles. The van der Waals surface area contributed by atoms with Gasteiger partial charge in [0.25, 0.3) is 5.91 Å². The monoisotopic (exact) mass is 372 g/mol. The van der Waals surface area contributed by atoms with Crippen LogP contribution in [0, 0.1) is 0 Å². The Kier molecular flexibility index (Phi) is 5.02. The Morgan fingerprint density at radius 2 is 2.08 bits per heavy atom. The van der Waals surface area contributed by atoms with Crippen molar-refractivity contribution in [2.45, 2.75) is 37.5 Å². The average molecular weight is 372 g/mol. The highest BCUT2D eigenvalue weighted by Crippen LogP contribution is 2.31. The Labute approximate surface area is 157 Å². The molecule has 7 heteroatoms. The molecule has 4 rings (SSSR count). The standard InChI is InChI=1S/C19H24N4O2S/c1-22(2)15-7-8-17-18(11-15)25-10-9-23(17)19(24)14-5-3-13(4-6-14)16-12-26-21-20-16/h3-6,12,15,17-18H,7-11H2,1-2H3. The second kappa shape index (κ2) is 7.42. The fourth-order valence-corrected chi connectivity index (χ4v) is 4.52. The van der Waals surface area contributed by atoms with Gasteiger partial charge >= 0.3 is 0 Å². The number of amides is 1. The lowest BCUT2D eigenvalue weighted by atomic mass is 9.85.